The second kappa shape index (κ2) is 11.7. The maximum absolute atomic E-state index is 12.9. The van der Waals surface area contributed by atoms with Gasteiger partial charge in [0.15, 0.2) is 11.5 Å². The van der Waals surface area contributed by atoms with Crippen LogP contribution in [-0.2, 0) is 11.3 Å². The zero-order valence-corrected chi connectivity index (χ0v) is 23.0. The molecule has 0 aliphatic carbocycles. The number of nitrogens with one attached hydrogen (secondary N) is 1. The summed E-state index contributed by atoms with van der Waals surface area (Å²) in [6.07, 6.45) is 0.270. The number of esters is 1. The molecule has 0 atom stereocenters. The average molecular weight is 563 g/mol. The van der Waals surface area contributed by atoms with Gasteiger partial charge in [0.25, 0.3) is 0 Å². The van der Waals surface area contributed by atoms with Crippen molar-refractivity contribution >= 4 is 58.1 Å². The molecule has 1 heterocycles. The SMILES string of the molecule is COc1c(Cl)c(NCc2ccc(N(C(=O)O)c3ccccc3N)nc2)c(Cl)c(OC)c1C(=O)OC(C)(C)C. The van der Waals surface area contributed by atoms with E-state index in [4.69, 9.17) is 43.1 Å². The van der Waals surface area contributed by atoms with E-state index >= 15 is 0 Å². The summed E-state index contributed by atoms with van der Waals surface area (Å²) >= 11 is 13.2. The molecule has 38 heavy (non-hydrogen) atoms. The summed E-state index contributed by atoms with van der Waals surface area (Å²) in [5.74, 6) is -0.463. The minimum absolute atomic E-state index is 0.0366. The Kier molecular flexibility index (Phi) is 8.80. The zero-order valence-electron chi connectivity index (χ0n) is 21.5. The fraction of sp³-hybridized carbons (Fsp3) is 0.269. The third-order valence-electron chi connectivity index (χ3n) is 5.18. The number of amides is 1. The van der Waals surface area contributed by atoms with E-state index in [9.17, 15) is 14.7 Å². The Hall–Kier alpha value is -3.89. The van der Waals surface area contributed by atoms with Crippen LogP contribution in [0.5, 0.6) is 11.5 Å². The predicted molar refractivity (Wildman–Crippen MR) is 147 cm³/mol. The number of hydrogen-bond acceptors (Lipinski definition) is 8. The number of nitrogens with two attached hydrogens (primary N) is 1. The van der Waals surface area contributed by atoms with E-state index in [0.29, 0.717) is 16.9 Å². The molecule has 202 valence electrons. The van der Waals surface area contributed by atoms with Gasteiger partial charge in [0, 0.05) is 12.7 Å². The van der Waals surface area contributed by atoms with Gasteiger partial charge in [-0.1, -0.05) is 41.4 Å². The Bertz CT molecular complexity index is 1310. The molecule has 3 aromatic rings. The summed E-state index contributed by atoms with van der Waals surface area (Å²) in [5.41, 5.74) is 6.68. The standard InChI is InChI=1S/C26H28Cl2N4O6/c1-26(2,3)38-24(33)18-22(36-4)19(27)21(20(28)23(18)37-5)31-13-14-10-11-17(30-12-14)32(25(34)35)16-9-7-6-8-15(16)29/h6-12,31H,13,29H2,1-5H3,(H,34,35). The highest BCUT2D eigenvalue weighted by molar-refractivity contribution is 6.42. The van der Waals surface area contributed by atoms with Crippen LogP contribution in [0.1, 0.15) is 36.7 Å². The maximum atomic E-state index is 12.9. The molecule has 0 saturated carbocycles. The van der Waals surface area contributed by atoms with Crippen LogP contribution in [0.15, 0.2) is 42.6 Å². The molecule has 0 bridgehead atoms. The Balaban J connectivity index is 1.91. The number of pyridine rings is 1. The lowest BCUT2D eigenvalue weighted by Crippen LogP contribution is -2.25. The number of para-hydroxylation sites is 2. The van der Waals surface area contributed by atoms with Crippen molar-refractivity contribution in [3.63, 3.8) is 0 Å². The Morgan fingerprint density at radius 2 is 1.66 bits per heavy atom. The molecule has 2 aromatic carbocycles. The normalized spacial score (nSPS) is 11.0. The van der Waals surface area contributed by atoms with E-state index in [2.05, 4.69) is 10.3 Å². The molecule has 0 fully saturated rings. The number of methoxy groups -OCH3 is 2. The van der Waals surface area contributed by atoms with Crippen molar-refractivity contribution in [1.29, 1.82) is 0 Å². The van der Waals surface area contributed by atoms with Gasteiger partial charge < -0.3 is 30.4 Å². The minimum atomic E-state index is -1.23. The fourth-order valence-corrected chi connectivity index (χ4v) is 4.27. The van der Waals surface area contributed by atoms with Crippen molar-refractivity contribution in [2.45, 2.75) is 32.9 Å². The molecule has 0 aliphatic heterocycles. The number of anilines is 4. The van der Waals surface area contributed by atoms with E-state index in [-0.39, 0.29) is 45.2 Å². The number of carbonyl (C=O) groups is 2. The van der Waals surface area contributed by atoms with Crippen LogP contribution in [0, 0.1) is 0 Å². The van der Waals surface area contributed by atoms with E-state index in [0.717, 1.165) is 4.90 Å². The maximum Gasteiger partial charge on any atom is 0.417 e. The summed E-state index contributed by atoms with van der Waals surface area (Å²) in [6, 6.07) is 9.83. The fourth-order valence-electron chi connectivity index (χ4n) is 3.56. The Labute approximate surface area is 230 Å². The average Bonchev–Trinajstić information content (AvgIpc) is 2.84. The summed E-state index contributed by atoms with van der Waals surface area (Å²) in [7, 11) is 2.73. The summed E-state index contributed by atoms with van der Waals surface area (Å²) in [4.78, 5) is 30.1. The predicted octanol–water partition coefficient (Wildman–Crippen LogP) is 6.37. The molecule has 0 spiro atoms. The second-order valence-electron chi connectivity index (χ2n) is 9.00. The molecule has 0 unspecified atom stereocenters. The summed E-state index contributed by atoms with van der Waals surface area (Å²) in [6.45, 7) is 5.39. The van der Waals surface area contributed by atoms with E-state index in [1.54, 1.807) is 57.2 Å². The Morgan fingerprint density at radius 1 is 1.05 bits per heavy atom. The summed E-state index contributed by atoms with van der Waals surface area (Å²) < 4.78 is 16.3. The number of aromatic nitrogens is 1. The van der Waals surface area contributed by atoms with Gasteiger partial charge in [0.1, 0.15) is 27.0 Å². The van der Waals surface area contributed by atoms with E-state index in [1.807, 2.05) is 0 Å². The van der Waals surface area contributed by atoms with Crippen LogP contribution >= 0.6 is 23.2 Å². The Morgan fingerprint density at radius 3 is 2.13 bits per heavy atom. The third kappa shape index (κ3) is 6.15. The molecule has 4 N–H and O–H groups in total. The molecule has 10 nitrogen and oxygen atoms in total. The molecule has 1 aromatic heterocycles. The molecule has 3 rings (SSSR count). The van der Waals surface area contributed by atoms with Gasteiger partial charge in [-0.25, -0.2) is 19.5 Å². The van der Waals surface area contributed by atoms with Crippen molar-refractivity contribution in [2.24, 2.45) is 0 Å². The molecule has 12 heteroatoms. The number of benzene rings is 2. The first-order valence-electron chi connectivity index (χ1n) is 11.3. The molecule has 0 radical (unpaired) electrons. The molecular weight excluding hydrogens is 535 g/mol. The lowest BCUT2D eigenvalue weighted by Gasteiger charge is -2.23. The number of carboxylic acid groups (broad SMARTS) is 1. The highest BCUT2D eigenvalue weighted by Gasteiger charge is 2.31. The zero-order chi connectivity index (χ0) is 28.2. The van der Waals surface area contributed by atoms with Gasteiger partial charge >= 0.3 is 12.1 Å². The number of rotatable bonds is 8. The van der Waals surface area contributed by atoms with Crippen LogP contribution in [-0.4, -0.2) is 42.0 Å². The first kappa shape index (κ1) is 28.7. The van der Waals surface area contributed by atoms with E-state index in [1.165, 1.54) is 20.4 Å². The number of ether oxygens (including phenoxy) is 3. The number of halogens is 2. The first-order chi connectivity index (χ1) is 17.9. The molecular formula is C26H28Cl2N4O6. The quantitative estimate of drug-likeness (QED) is 0.211. The van der Waals surface area contributed by atoms with Crippen molar-refractivity contribution in [3.05, 3.63) is 63.8 Å². The number of hydrogen-bond donors (Lipinski definition) is 3. The van der Waals surface area contributed by atoms with Gasteiger partial charge in [-0.05, 0) is 44.5 Å². The van der Waals surface area contributed by atoms with Crippen LogP contribution in [0.2, 0.25) is 10.0 Å². The molecule has 0 aliphatic rings. The monoisotopic (exact) mass is 562 g/mol. The van der Waals surface area contributed by atoms with E-state index < -0.39 is 17.7 Å². The highest BCUT2D eigenvalue weighted by Crippen LogP contribution is 2.48. The largest absolute Gasteiger partial charge is 0.494 e. The van der Waals surface area contributed by atoms with Crippen molar-refractivity contribution < 1.29 is 28.9 Å². The van der Waals surface area contributed by atoms with Gasteiger partial charge in [0.2, 0.25) is 0 Å². The topological polar surface area (TPSA) is 136 Å². The number of carbonyl (C=O) groups excluding carboxylic acids is 1. The molecule has 0 saturated heterocycles. The smallest absolute Gasteiger partial charge is 0.417 e. The van der Waals surface area contributed by atoms with Crippen LogP contribution in [0.3, 0.4) is 0 Å². The van der Waals surface area contributed by atoms with Crippen molar-refractivity contribution in [3.8, 4) is 11.5 Å². The number of nitrogen functional groups attached to an aromatic ring is 1. The molecule has 1 amide bonds. The van der Waals surface area contributed by atoms with Gasteiger partial charge in [-0.3, -0.25) is 0 Å². The lowest BCUT2D eigenvalue weighted by molar-refractivity contribution is 0.00633. The summed E-state index contributed by atoms with van der Waals surface area (Å²) in [5, 5.41) is 13.0. The third-order valence-corrected chi connectivity index (χ3v) is 5.90. The minimum Gasteiger partial charge on any atom is -0.494 e. The number of nitrogens with zero attached hydrogens (tertiary/aromatic N) is 2. The highest BCUT2D eigenvalue weighted by atomic mass is 35.5. The van der Waals surface area contributed by atoms with Crippen LogP contribution < -0.4 is 25.4 Å². The van der Waals surface area contributed by atoms with Crippen molar-refractivity contribution in [2.75, 3.05) is 30.2 Å². The van der Waals surface area contributed by atoms with Crippen LogP contribution in [0.25, 0.3) is 0 Å². The van der Waals surface area contributed by atoms with Crippen LogP contribution in [0.4, 0.5) is 27.7 Å². The van der Waals surface area contributed by atoms with Gasteiger partial charge in [-0.2, -0.15) is 0 Å². The first-order valence-corrected chi connectivity index (χ1v) is 12.1. The second-order valence-corrected chi connectivity index (χ2v) is 9.76. The van der Waals surface area contributed by atoms with Gasteiger partial charge in [-0.15, -0.1) is 0 Å². The lowest BCUT2D eigenvalue weighted by atomic mass is 10.1. The van der Waals surface area contributed by atoms with Crippen molar-refractivity contribution in [1.82, 2.24) is 4.98 Å². The van der Waals surface area contributed by atoms with Gasteiger partial charge in [0.05, 0.1) is 31.3 Å².